The number of amides is 2. The molecule has 0 saturated carbocycles. The van der Waals surface area contributed by atoms with Gasteiger partial charge in [-0.2, -0.15) is 0 Å². The van der Waals surface area contributed by atoms with E-state index in [-0.39, 0.29) is 23.4 Å². The zero-order valence-corrected chi connectivity index (χ0v) is 21.3. The van der Waals surface area contributed by atoms with Crippen LogP contribution < -0.4 is 5.32 Å². The number of nitrogens with one attached hydrogen (secondary N) is 1. The van der Waals surface area contributed by atoms with Gasteiger partial charge in [0.2, 0.25) is 0 Å². The Morgan fingerprint density at radius 1 is 1.03 bits per heavy atom. The fourth-order valence-corrected chi connectivity index (χ4v) is 5.25. The van der Waals surface area contributed by atoms with Crippen molar-refractivity contribution in [2.24, 2.45) is 5.92 Å². The molecule has 1 unspecified atom stereocenters. The Balaban J connectivity index is 1.23. The molecule has 2 aliphatic heterocycles. The minimum absolute atomic E-state index is 0.0712. The SMILES string of the molecule is Cc1ncnc(C)c1C(=O)N1C=C2CN(CC[C@H](NC(=O)c3ccc(F)c(F)c3)c3ccccc3)CC2C1. The maximum atomic E-state index is 13.7. The lowest BCUT2D eigenvalue weighted by atomic mass is 10.0. The first kappa shape index (κ1) is 25.7. The Hall–Kier alpha value is -3.98. The maximum absolute atomic E-state index is 13.7. The molecule has 3 aromatic rings. The Morgan fingerprint density at radius 3 is 2.45 bits per heavy atom. The lowest BCUT2D eigenvalue weighted by Crippen LogP contribution is -2.34. The molecule has 2 atom stereocenters. The number of benzene rings is 2. The van der Waals surface area contributed by atoms with E-state index in [4.69, 9.17) is 0 Å². The first-order chi connectivity index (χ1) is 18.3. The number of carbonyl (C=O) groups is 2. The summed E-state index contributed by atoms with van der Waals surface area (Å²) in [6.07, 6.45) is 4.07. The molecule has 3 heterocycles. The maximum Gasteiger partial charge on any atom is 0.261 e. The molecule has 5 rings (SSSR count). The van der Waals surface area contributed by atoms with Gasteiger partial charge < -0.3 is 10.2 Å². The number of fused-ring (bicyclic) bond motifs is 1. The number of aromatic nitrogens is 2. The van der Waals surface area contributed by atoms with E-state index < -0.39 is 17.5 Å². The Labute approximate surface area is 220 Å². The third kappa shape index (κ3) is 5.33. The molecule has 1 fully saturated rings. The van der Waals surface area contributed by atoms with Gasteiger partial charge in [-0.25, -0.2) is 18.7 Å². The standard InChI is InChI=1S/C29H29F2N5O2/c1-18-27(19(2)33-17-32-18)29(38)36-15-22-13-35(14-23(22)16-36)11-10-26(20-6-4-3-5-7-20)34-28(37)21-8-9-24(30)25(31)12-21/h3-9,12,15,17,23,26H,10-11,13-14,16H2,1-2H3,(H,34,37)/t23?,26-/m0/s1. The van der Waals surface area contributed by atoms with Crippen LogP contribution in [0.1, 0.15) is 50.1 Å². The zero-order chi connectivity index (χ0) is 26.8. The number of carbonyl (C=O) groups excluding carboxylic acids is 2. The second kappa shape index (κ2) is 10.8. The molecule has 2 aromatic carbocycles. The minimum atomic E-state index is -1.05. The normalized spacial score (nSPS) is 17.7. The summed E-state index contributed by atoms with van der Waals surface area (Å²) in [4.78, 5) is 38.4. The van der Waals surface area contributed by atoms with E-state index in [0.29, 0.717) is 29.9 Å². The van der Waals surface area contributed by atoms with Crippen LogP contribution in [-0.4, -0.2) is 57.8 Å². The van der Waals surface area contributed by atoms with Crippen LogP contribution in [0.5, 0.6) is 0 Å². The van der Waals surface area contributed by atoms with E-state index in [1.165, 1.54) is 18.0 Å². The zero-order valence-electron chi connectivity index (χ0n) is 21.3. The molecule has 1 N–H and O–H groups in total. The predicted octanol–water partition coefficient (Wildman–Crippen LogP) is 4.20. The summed E-state index contributed by atoms with van der Waals surface area (Å²) in [5, 5.41) is 2.99. The van der Waals surface area contributed by atoms with Crippen molar-refractivity contribution in [2.45, 2.75) is 26.3 Å². The van der Waals surface area contributed by atoms with E-state index in [0.717, 1.165) is 37.3 Å². The van der Waals surface area contributed by atoms with Crippen molar-refractivity contribution in [3.05, 3.63) is 106 Å². The monoisotopic (exact) mass is 517 g/mol. The summed E-state index contributed by atoms with van der Waals surface area (Å²) in [6, 6.07) is 12.5. The Kier molecular flexibility index (Phi) is 7.28. The van der Waals surface area contributed by atoms with Crippen LogP contribution in [0.3, 0.4) is 0 Å². The summed E-state index contributed by atoms with van der Waals surface area (Å²) in [5.41, 5.74) is 4.14. The first-order valence-electron chi connectivity index (χ1n) is 12.6. The van der Waals surface area contributed by atoms with Crippen LogP contribution in [0.15, 0.2) is 66.6 Å². The molecule has 0 aliphatic carbocycles. The van der Waals surface area contributed by atoms with Crippen molar-refractivity contribution in [2.75, 3.05) is 26.2 Å². The summed E-state index contributed by atoms with van der Waals surface area (Å²) in [7, 11) is 0. The number of aryl methyl sites for hydroxylation is 2. The van der Waals surface area contributed by atoms with Gasteiger partial charge in [-0.05, 0) is 49.6 Å². The van der Waals surface area contributed by atoms with E-state index in [2.05, 4.69) is 20.2 Å². The molecule has 2 aliphatic rings. The molecule has 0 radical (unpaired) electrons. The van der Waals surface area contributed by atoms with Crippen molar-refractivity contribution in [3.8, 4) is 0 Å². The van der Waals surface area contributed by atoms with Crippen molar-refractivity contribution in [3.63, 3.8) is 0 Å². The smallest absolute Gasteiger partial charge is 0.261 e. The predicted molar refractivity (Wildman–Crippen MR) is 138 cm³/mol. The summed E-state index contributed by atoms with van der Waals surface area (Å²) < 4.78 is 27.0. The second-order valence-corrected chi connectivity index (χ2v) is 9.87. The molecule has 7 nitrogen and oxygen atoms in total. The van der Waals surface area contributed by atoms with Gasteiger partial charge in [0.1, 0.15) is 6.33 Å². The van der Waals surface area contributed by atoms with E-state index in [1.807, 2.05) is 50.4 Å². The molecule has 196 valence electrons. The van der Waals surface area contributed by atoms with Crippen LogP contribution >= 0.6 is 0 Å². The van der Waals surface area contributed by atoms with Gasteiger partial charge in [0.25, 0.3) is 11.8 Å². The highest BCUT2D eigenvalue weighted by atomic mass is 19.2. The van der Waals surface area contributed by atoms with Crippen LogP contribution in [0, 0.1) is 31.4 Å². The van der Waals surface area contributed by atoms with Crippen LogP contribution in [0.25, 0.3) is 0 Å². The van der Waals surface area contributed by atoms with Crippen LogP contribution in [0.4, 0.5) is 8.78 Å². The molecular formula is C29H29F2N5O2. The molecule has 1 saturated heterocycles. The molecule has 0 spiro atoms. The van der Waals surface area contributed by atoms with Crippen molar-refractivity contribution >= 4 is 11.8 Å². The third-order valence-corrected chi connectivity index (χ3v) is 7.27. The van der Waals surface area contributed by atoms with E-state index in [1.54, 1.807) is 4.90 Å². The van der Waals surface area contributed by atoms with Crippen LogP contribution in [-0.2, 0) is 0 Å². The van der Waals surface area contributed by atoms with E-state index in [9.17, 15) is 18.4 Å². The van der Waals surface area contributed by atoms with Crippen molar-refractivity contribution in [1.82, 2.24) is 25.1 Å². The highest BCUT2D eigenvalue weighted by Gasteiger charge is 2.36. The van der Waals surface area contributed by atoms with Gasteiger partial charge in [-0.15, -0.1) is 0 Å². The largest absolute Gasteiger partial charge is 0.345 e. The van der Waals surface area contributed by atoms with Gasteiger partial charge in [0.15, 0.2) is 11.6 Å². The van der Waals surface area contributed by atoms with Gasteiger partial charge in [0, 0.05) is 43.9 Å². The quantitative estimate of drug-likeness (QED) is 0.508. The number of halogens is 2. The number of nitrogens with zero attached hydrogens (tertiary/aromatic N) is 4. The molecule has 0 bridgehead atoms. The van der Waals surface area contributed by atoms with Crippen LogP contribution in [0.2, 0.25) is 0 Å². The number of likely N-dealkylation sites (tertiary alicyclic amines) is 1. The molecule has 38 heavy (non-hydrogen) atoms. The summed E-state index contributed by atoms with van der Waals surface area (Å²) in [6.45, 7) is 6.55. The van der Waals surface area contributed by atoms with Gasteiger partial charge >= 0.3 is 0 Å². The Morgan fingerprint density at radius 2 is 1.76 bits per heavy atom. The molecular weight excluding hydrogens is 488 g/mol. The molecule has 2 amide bonds. The highest BCUT2D eigenvalue weighted by Crippen LogP contribution is 2.32. The number of rotatable bonds is 7. The van der Waals surface area contributed by atoms with Gasteiger partial charge in [-0.1, -0.05) is 30.3 Å². The summed E-state index contributed by atoms with van der Waals surface area (Å²) in [5.74, 6) is -2.31. The second-order valence-electron chi connectivity index (χ2n) is 9.87. The molecule has 9 heteroatoms. The minimum Gasteiger partial charge on any atom is -0.345 e. The van der Waals surface area contributed by atoms with Crippen molar-refractivity contribution in [1.29, 1.82) is 0 Å². The van der Waals surface area contributed by atoms with Gasteiger partial charge in [-0.3, -0.25) is 14.5 Å². The summed E-state index contributed by atoms with van der Waals surface area (Å²) >= 11 is 0. The lowest BCUT2D eigenvalue weighted by Gasteiger charge is -2.24. The van der Waals surface area contributed by atoms with Gasteiger partial charge in [0.05, 0.1) is 23.0 Å². The lowest BCUT2D eigenvalue weighted by molar-refractivity contribution is 0.0818. The Bertz CT molecular complexity index is 1370. The number of hydrogen-bond donors (Lipinski definition) is 1. The fraction of sp³-hybridized carbons (Fsp3) is 0.310. The fourth-order valence-electron chi connectivity index (χ4n) is 5.25. The van der Waals surface area contributed by atoms with Crippen molar-refractivity contribution < 1.29 is 18.4 Å². The third-order valence-electron chi connectivity index (χ3n) is 7.27. The average molecular weight is 518 g/mol. The average Bonchev–Trinajstić information content (AvgIpc) is 3.47. The molecule has 1 aromatic heterocycles. The first-order valence-corrected chi connectivity index (χ1v) is 12.6. The number of hydrogen-bond acceptors (Lipinski definition) is 5. The topological polar surface area (TPSA) is 78.4 Å². The van der Waals surface area contributed by atoms with E-state index >= 15 is 0 Å². The highest BCUT2D eigenvalue weighted by molar-refractivity contribution is 5.97.